The minimum absolute atomic E-state index is 0.241. The normalized spacial score (nSPS) is 18.8. The molecule has 1 unspecified atom stereocenters. The van der Waals surface area contributed by atoms with Crippen molar-refractivity contribution in [3.63, 3.8) is 0 Å². The van der Waals surface area contributed by atoms with Gasteiger partial charge in [0, 0.05) is 12.5 Å². The summed E-state index contributed by atoms with van der Waals surface area (Å²) in [4.78, 5) is 13.4. The van der Waals surface area contributed by atoms with Crippen LogP contribution in [0, 0.1) is 0 Å². The van der Waals surface area contributed by atoms with E-state index in [1.54, 1.807) is 4.90 Å². The van der Waals surface area contributed by atoms with E-state index in [1.165, 1.54) is 5.56 Å². The van der Waals surface area contributed by atoms with Gasteiger partial charge in [-0.2, -0.15) is 0 Å². The molecule has 0 aliphatic carbocycles. The van der Waals surface area contributed by atoms with Gasteiger partial charge < -0.3 is 4.74 Å². The summed E-state index contributed by atoms with van der Waals surface area (Å²) in [6, 6.07) is 7.99. The summed E-state index contributed by atoms with van der Waals surface area (Å²) in [5, 5.41) is 0. The lowest BCUT2D eigenvalue weighted by molar-refractivity contribution is 0.160. The summed E-state index contributed by atoms with van der Waals surface area (Å²) in [5.74, 6) is 0.394. The Hall–Kier alpha value is -1.51. The third-order valence-corrected chi connectivity index (χ3v) is 2.70. The van der Waals surface area contributed by atoms with Gasteiger partial charge in [0.2, 0.25) is 0 Å². The van der Waals surface area contributed by atoms with Gasteiger partial charge in [-0.3, -0.25) is 4.90 Å². The van der Waals surface area contributed by atoms with Gasteiger partial charge in [0.25, 0.3) is 0 Å². The second-order valence-corrected chi connectivity index (χ2v) is 3.77. The number of nitrogens with zero attached hydrogens (tertiary/aromatic N) is 1. The molecule has 0 bridgehead atoms. The molecule has 1 atom stereocenters. The summed E-state index contributed by atoms with van der Waals surface area (Å²) in [6.45, 7) is 5.09. The van der Waals surface area contributed by atoms with Crippen molar-refractivity contribution in [3.05, 3.63) is 29.8 Å². The quantitative estimate of drug-likeness (QED) is 0.705. The highest BCUT2D eigenvalue weighted by Crippen LogP contribution is 2.35. The lowest BCUT2D eigenvalue weighted by Crippen LogP contribution is -2.30. The first-order valence-electron chi connectivity index (χ1n) is 5.27. The van der Waals surface area contributed by atoms with E-state index in [4.69, 9.17) is 4.74 Å². The predicted molar refractivity (Wildman–Crippen MR) is 59.2 cm³/mol. The van der Waals surface area contributed by atoms with E-state index in [1.807, 2.05) is 25.1 Å². The Morgan fingerprint density at radius 1 is 1.53 bits per heavy atom. The van der Waals surface area contributed by atoms with Crippen molar-refractivity contribution >= 4 is 11.8 Å². The Kier molecular flexibility index (Phi) is 2.62. The number of fused-ring (bicyclic) bond motifs is 1. The van der Waals surface area contributed by atoms with Crippen LogP contribution in [0.25, 0.3) is 0 Å². The van der Waals surface area contributed by atoms with Crippen LogP contribution >= 0.6 is 0 Å². The molecule has 80 valence electrons. The zero-order valence-electron chi connectivity index (χ0n) is 9.06. The predicted octanol–water partition coefficient (Wildman–Crippen LogP) is 2.77. The Balaban J connectivity index is 2.28. The van der Waals surface area contributed by atoms with E-state index in [-0.39, 0.29) is 6.09 Å². The average molecular weight is 205 g/mol. The first-order chi connectivity index (χ1) is 7.24. The second kappa shape index (κ2) is 3.93. The molecule has 3 nitrogen and oxygen atoms in total. The monoisotopic (exact) mass is 205 g/mol. The summed E-state index contributed by atoms with van der Waals surface area (Å²) in [6.07, 6.45) is -0.241. The van der Waals surface area contributed by atoms with Gasteiger partial charge in [0.05, 0.1) is 12.3 Å². The summed E-state index contributed by atoms with van der Waals surface area (Å²) in [5.41, 5.74) is 2.22. The molecule has 1 aliphatic heterocycles. The zero-order chi connectivity index (χ0) is 10.8. The molecule has 1 aromatic rings. The van der Waals surface area contributed by atoms with Gasteiger partial charge in [-0.15, -0.1) is 0 Å². The fourth-order valence-corrected chi connectivity index (χ4v) is 1.99. The van der Waals surface area contributed by atoms with Crippen molar-refractivity contribution in [2.75, 3.05) is 18.1 Å². The van der Waals surface area contributed by atoms with Gasteiger partial charge in [-0.05, 0) is 18.6 Å². The number of carbonyl (C=O) groups is 1. The van der Waals surface area contributed by atoms with Crippen LogP contribution in [0.15, 0.2) is 24.3 Å². The number of para-hydroxylation sites is 1. The smallest absolute Gasteiger partial charge is 0.414 e. The largest absolute Gasteiger partial charge is 0.449 e. The highest BCUT2D eigenvalue weighted by atomic mass is 16.6. The maximum absolute atomic E-state index is 11.7. The van der Waals surface area contributed by atoms with Crippen LogP contribution in [0.5, 0.6) is 0 Å². The molecule has 2 rings (SSSR count). The van der Waals surface area contributed by atoms with Crippen molar-refractivity contribution in [2.45, 2.75) is 19.8 Å². The van der Waals surface area contributed by atoms with Gasteiger partial charge in [0.1, 0.15) is 0 Å². The first kappa shape index (κ1) is 10.0. The van der Waals surface area contributed by atoms with Gasteiger partial charge in [-0.25, -0.2) is 4.79 Å². The summed E-state index contributed by atoms with van der Waals surface area (Å²) < 4.78 is 5.02. The molecule has 1 amide bonds. The van der Waals surface area contributed by atoms with Crippen LogP contribution in [0.4, 0.5) is 10.5 Å². The van der Waals surface area contributed by atoms with E-state index < -0.39 is 0 Å². The average Bonchev–Trinajstić information content (AvgIpc) is 2.58. The van der Waals surface area contributed by atoms with Gasteiger partial charge >= 0.3 is 6.09 Å². The Bertz CT molecular complexity index is 376. The minimum atomic E-state index is -0.241. The number of hydrogen-bond donors (Lipinski definition) is 0. The fraction of sp³-hybridized carbons (Fsp3) is 0.417. The molecule has 0 spiro atoms. The third kappa shape index (κ3) is 1.69. The molecule has 0 N–H and O–H groups in total. The van der Waals surface area contributed by atoms with Crippen LogP contribution < -0.4 is 4.90 Å². The van der Waals surface area contributed by atoms with E-state index in [0.29, 0.717) is 12.5 Å². The zero-order valence-corrected chi connectivity index (χ0v) is 9.06. The maximum Gasteiger partial charge on any atom is 0.414 e. The van der Waals surface area contributed by atoms with Crippen molar-refractivity contribution in [1.82, 2.24) is 0 Å². The van der Waals surface area contributed by atoms with Crippen LogP contribution in [-0.2, 0) is 4.74 Å². The number of amides is 1. The van der Waals surface area contributed by atoms with Crippen molar-refractivity contribution in [1.29, 1.82) is 0 Å². The summed E-state index contributed by atoms with van der Waals surface area (Å²) in [7, 11) is 0. The van der Waals surface area contributed by atoms with Crippen LogP contribution in [0.2, 0.25) is 0 Å². The lowest BCUT2D eigenvalue weighted by Gasteiger charge is -2.16. The van der Waals surface area contributed by atoms with E-state index in [2.05, 4.69) is 13.0 Å². The molecular formula is C12H15NO2. The standard InChI is InChI=1S/C12H15NO2/c1-3-15-12(14)13-8-9(2)10-6-4-5-7-11(10)13/h4-7,9H,3,8H2,1-2H3. The molecule has 0 fully saturated rings. The SMILES string of the molecule is CCOC(=O)N1CC(C)c2ccccc21. The second-order valence-electron chi connectivity index (χ2n) is 3.77. The van der Waals surface area contributed by atoms with Crippen LogP contribution in [-0.4, -0.2) is 19.2 Å². The highest BCUT2D eigenvalue weighted by molar-refractivity contribution is 5.90. The van der Waals surface area contributed by atoms with E-state index in [0.717, 1.165) is 12.2 Å². The van der Waals surface area contributed by atoms with E-state index in [9.17, 15) is 4.79 Å². The fourth-order valence-electron chi connectivity index (χ4n) is 1.99. The topological polar surface area (TPSA) is 29.5 Å². The minimum Gasteiger partial charge on any atom is -0.449 e. The molecule has 0 saturated heterocycles. The van der Waals surface area contributed by atoms with E-state index >= 15 is 0 Å². The molecule has 0 saturated carbocycles. The lowest BCUT2D eigenvalue weighted by atomic mass is 10.0. The number of anilines is 1. The molecular weight excluding hydrogens is 190 g/mol. The number of carbonyl (C=O) groups excluding carboxylic acids is 1. The molecule has 1 aliphatic rings. The number of rotatable bonds is 1. The number of ether oxygens (including phenoxy) is 1. The maximum atomic E-state index is 11.7. The summed E-state index contributed by atoms with van der Waals surface area (Å²) >= 11 is 0. The Morgan fingerprint density at radius 2 is 2.27 bits per heavy atom. The van der Waals surface area contributed by atoms with Crippen molar-refractivity contribution in [3.8, 4) is 0 Å². The molecule has 0 aromatic heterocycles. The van der Waals surface area contributed by atoms with Gasteiger partial charge in [0.15, 0.2) is 0 Å². The number of benzene rings is 1. The van der Waals surface area contributed by atoms with Crippen LogP contribution in [0.3, 0.4) is 0 Å². The van der Waals surface area contributed by atoms with Crippen molar-refractivity contribution < 1.29 is 9.53 Å². The third-order valence-electron chi connectivity index (χ3n) is 2.70. The molecule has 15 heavy (non-hydrogen) atoms. The van der Waals surface area contributed by atoms with Gasteiger partial charge in [-0.1, -0.05) is 25.1 Å². The molecule has 3 heteroatoms. The Morgan fingerprint density at radius 3 is 3.00 bits per heavy atom. The molecule has 0 radical (unpaired) electrons. The van der Waals surface area contributed by atoms with Crippen LogP contribution in [0.1, 0.15) is 25.3 Å². The highest BCUT2D eigenvalue weighted by Gasteiger charge is 2.29. The Labute approximate surface area is 89.7 Å². The molecule has 1 aromatic carbocycles. The van der Waals surface area contributed by atoms with Crippen molar-refractivity contribution in [2.24, 2.45) is 0 Å². The first-order valence-corrected chi connectivity index (χ1v) is 5.27. The molecule has 1 heterocycles. The number of hydrogen-bond acceptors (Lipinski definition) is 2.